The van der Waals surface area contributed by atoms with E-state index in [4.69, 9.17) is 0 Å². The van der Waals surface area contributed by atoms with Gasteiger partial charge in [0.1, 0.15) is 0 Å². The van der Waals surface area contributed by atoms with Gasteiger partial charge >= 0.3 is 0 Å². The molecular formula is C11H18N4OS. The van der Waals surface area contributed by atoms with Crippen molar-refractivity contribution in [3.05, 3.63) is 5.01 Å². The summed E-state index contributed by atoms with van der Waals surface area (Å²) in [7, 11) is 1.76. The first-order valence-corrected chi connectivity index (χ1v) is 6.68. The van der Waals surface area contributed by atoms with E-state index in [1.807, 2.05) is 0 Å². The van der Waals surface area contributed by atoms with Gasteiger partial charge in [0.2, 0.25) is 10.1 Å². The molecule has 1 fully saturated rings. The number of amides is 1. The fourth-order valence-corrected chi connectivity index (χ4v) is 2.48. The summed E-state index contributed by atoms with van der Waals surface area (Å²) < 4.78 is 0. The largest absolute Gasteiger partial charge is 0.363 e. The van der Waals surface area contributed by atoms with Gasteiger partial charge in [0.25, 0.3) is 5.91 Å². The molecule has 1 aromatic heterocycles. The molecule has 2 N–H and O–H groups in total. The van der Waals surface area contributed by atoms with E-state index in [9.17, 15) is 4.79 Å². The van der Waals surface area contributed by atoms with Crippen molar-refractivity contribution >= 4 is 22.4 Å². The molecule has 0 unspecified atom stereocenters. The summed E-state index contributed by atoms with van der Waals surface area (Å²) in [6, 6.07) is 0. The van der Waals surface area contributed by atoms with Crippen molar-refractivity contribution in [3.8, 4) is 0 Å². The topological polar surface area (TPSA) is 66.9 Å². The number of hydrogen-bond donors (Lipinski definition) is 2. The van der Waals surface area contributed by atoms with E-state index in [-0.39, 0.29) is 5.91 Å². The SMILES string of the molecule is CNc1nnc(C(=O)NCC2(C(C)C)CC2)s1. The van der Waals surface area contributed by atoms with Crippen molar-refractivity contribution in [2.45, 2.75) is 26.7 Å². The second-order valence-electron chi connectivity index (χ2n) is 4.86. The van der Waals surface area contributed by atoms with E-state index in [2.05, 4.69) is 34.7 Å². The predicted octanol–water partition coefficient (Wildman–Crippen LogP) is 1.75. The van der Waals surface area contributed by atoms with Gasteiger partial charge < -0.3 is 10.6 Å². The number of rotatable bonds is 5. The average molecular weight is 254 g/mol. The van der Waals surface area contributed by atoms with Crippen LogP contribution in [-0.4, -0.2) is 29.7 Å². The van der Waals surface area contributed by atoms with Gasteiger partial charge in [0, 0.05) is 13.6 Å². The molecule has 1 saturated carbocycles. The fourth-order valence-electron chi connectivity index (χ4n) is 1.87. The van der Waals surface area contributed by atoms with Crippen molar-refractivity contribution < 1.29 is 4.79 Å². The Morgan fingerprint density at radius 3 is 2.65 bits per heavy atom. The van der Waals surface area contributed by atoms with Crippen LogP contribution in [-0.2, 0) is 0 Å². The molecule has 94 valence electrons. The summed E-state index contributed by atoms with van der Waals surface area (Å²) in [6.07, 6.45) is 2.42. The number of aromatic nitrogens is 2. The van der Waals surface area contributed by atoms with Crippen molar-refractivity contribution in [1.29, 1.82) is 0 Å². The van der Waals surface area contributed by atoms with Crippen LogP contribution in [0.5, 0.6) is 0 Å². The monoisotopic (exact) mass is 254 g/mol. The van der Waals surface area contributed by atoms with Crippen LogP contribution in [0.3, 0.4) is 0 Å². The number of hydrogen-bond acceptors (Lipinski definition) is 5. The molecule has 1 aliphatic rings. The van der Waals surface area contributed by atoms with Gasteiger partial charge in [-0.2, -0.15) is 0 Å². The maximum Gasteiger partial charge on any atom is 0.282 e. The lowest BCUT2D eigenvalue weighted by Crippen LogP contribution is -2.32. The fraction of sp³-hybridized carbons (Fsp3) is 0.727. The molecule has 0 aromatic carbocycles. The summed E-state index contributed by atoms with van der Waals surface area (Å²) in [5.41, 5.74) is 0.326. The molecule has 0 bridgehead atoms. The molecule has 0 spiro atoms. The maximum absolute atomic E-state index is 11.8. The Morgan fingerprint density at radius 2 is 2.18 bits per heavy atom. The van der Waals surface area contributed by atoms with Crippen molar-refractivity contribution in [2.24, 2.45) is 11.3 Å². The van der Waals surface area contributed by atoms with Crippen LogP contribution in [0, 0.1) is 11.3 Å². The molecule has 1 heterocycles. The van der Waals surface area contributed by atoms with Gasteiger partial charge in [-0.15, -0.1) is 10.2 Å². The Labute approximate surface area is 105 Å². The van der Waals surface area contributed by atoms with Crippen LogP contribution in [0.4, 0.5) is 5.13 Å². The van der Waals surface area contributed by atoms with Crippen LogP contribution in [0.15, 0.2) is 0 Å². The lowest BCUT2D eigenvalue weighted by atomic mass is 9.92. The summed E-state index contributed by atoms with van der Waals surface area (Å²) >= 11 is 1.27. The molecule has 0 aliphatic heterocycles. The lowest BCUT2D eigenvalue weighted by Gasteiger charge is -2.19. The third kappa shape index (κ3) is 2.57. The molecule has 0 radical (unpaired) electrons. The Kier molecular flexibility index (Phi) is 3.33. The molecule has 17 heavy (non-hydrogen) atoms. The summed E-state index contributed by atoms with van der Waals surface area (Å²) in [5, 5.41) is 14.6. The minimum absolute atomic E-state index is 0.115. The van der Waals surface area contributed by atoms with Crippen molar-refractivity contribution in [1.82, 2.24) is 15.5 Å². The first kappa shape index (κ1) is 12.3. The molecule has 2 rings (SSSR count). The minimum Gasteiger partial charge on any atom is -0.363 e. The van der Waals surface area contributed by atoms with Gasteiger partial charge in [0.15, 0.2) is 0 Å². The molecule has 6 heteroatoms. The lowest BCUT2D eigenvalue weighted by molar-refractivity contribution is 0.0938. The van der Waals surface area contributed by atoms with Gasteiger partial charge in [-0.25, -0.2) is 0 Å². The number of nitrogens with one attached hydrogen (secondary N) is 2. The zero-order valence-corrected chi connectivity index (χ0v) is 11.2. The van der Waals surface area contributed by atoms with E-state index < -0.39 is 0 Å². The van der Waals surface area contributed by atoms with E-state index in [0.29, 0.717) is 21.5 Å². The highest BCUT2D eigenvalue weighted by atomic mass is 32.1. The molecule has 1 amide bonds. The smallest absolute Gasteiger partial charge is 0.282 e. The Morgan fingerprint density at radius 1 is 1.47 bits per heavy atom. The Hall–Kier alpha value is -1.17. The van der Waals surface area contributed by atoms with Gasteiger partial charge in [0.05, 0.1) is 0 Å². The average Bonchev–Trinajstić information content (AvgIpc) is 2.96. The summed E-state index contributed by atoms with van der Waals surface area (Å²) in [6.45, 7) is 5.17. The zero-order chi connectivity index (χ0) is 12.5. The molecule has 1 aromatic rings. The Bertz CT molecular complexity index is 411. The van der Waals surface area contributed by atoms with Crippen LogP contribution < -0.4 is 10.6 Å². The van der Waals surface area contributed by atoms with E-state index in [0.717, 1.165) is 6.54 Å². The van der Waals surface area contributed by atoms with Crippen LogP contribution in [0.25, 0.3) is 0 Å². The Balaban J connectivity index is 1.89. The third-order valence-electron chi connectivity index (χ3n) is 3.55. The quantitative estimate of drug-likeness (QED) is 0.840. The van der Waals surface area contributed by atoms with E-state index in [1.54, 1.807) is 7.05 Å². The van der Waals surface area contributed by atoms with Crippen LogP contribution >= 0.6 is 11.3 Å². The van der Waals surface area contributed by atoms with Crippen molar-refractivity contribution in [3.63, 3.8) is 0 Å². The standard InChI is InChI=1S/C11H18N4OS/c1-7(2)11(4-5-11)6-13-8(16)9-14-15-10(12-3)17-9/h7H,4-6H2,1-3H3,(H,12,15)(H,13,16). The highest BCUT2D eigenvalue weighted by Gasteiger charge is 2.45. The number of anilines is 1. The third-order valence-corrected chi connectivity index (χ3v) is 4.49. The van der Waals surface area contributed by atoms with Crippen LogP contribution in [0.1, 0.15) is 36.5 Å². The predicted molar refractivity (Wildman–Crippen MR) is 68.3 cm³/mol. The first-order valence-electron chi connectivity index (χ1n) is 5.87. The highest BCUT2D eigenvalue weighted by Crippen LogP contribution is 2.51. The number of carbonyl (C=O) groups excluding carboxylic acids is 1. The molecule has 1 aliphatic carbocycles. The normalized spacial score (nSPS) is 16.9. The van der Waals surface area contributed by atoms with Gasteiger partial charge in [-0.05, 0) is 24.2 Å². The second-order valence-corrected chi connectivity index (χ2v) is 5.84. The number of carbonyl (C=O) groups is 1. The van der Waals surface area contributed by atoms with Crippen LogP contribution in [0.2, 0.25) is 0 Å². The second kappa shape index (κ2) is 4.60. The van der Waals surface area contributed by atoms with Gasteiger partial charge in [-0.1, -0.05) is 25.2 Å². The zero-order valence-electron chi connectivity index (χ0n) is 10.4. The number of nitrogens with zero attached hydrogens (tertiary/aromatic N) is 2. The van der Waals surface area contributed by atoms with Gasteiger partial charge in [-0.3, -0.25) is 4.79 Å². The summed E-state index contributed by atoms with van der Waals surface area (Å²) in [4.78, 5) is 11.8. The maximum atomic E-state index is 11.8. The molecule has 0 saturated heterocycles. The minimum atomic E-state index is -0.115. The highest BCUT2D eigenvalue weighted by molar-refractivity contribution is 7.17. The molecular weight excluding hydrogens is 236 g/mol. The van der Waals surface area contributed by atoms with E-state index >= 15 is 0 Å². The summed E-state index contributed by atoms with van der Waals surface area (Å²) in [5.74, 6) is 0.501. The molecule has 0 atom stereocenters. The van der Waals surface area contributed by atoms with E-state index in [1.165, 1.54) is 24.2 Å². The molecule has 5 nitrogen and oxygen atoms in total. The first-order chi connectivity index (χ1) is 8.07. The van der Waals surface area contributed by atoms with Crippen molar-refractivity contribution in [2.75, 3.05) is 18.9 Å².